The topological polar surface area (TPSA) is 107 Å². The molecule has 3 rings (SSSR count). The van der Waals surface area contributed by atoms with Gasteiger partial charge in [-0.3, -0.25) is 9.59 Å². The molecule has 2 aromatic rings. The van der Waals surface area contributed by atoms with E-state index in [1.807, 2.05) is 13.8 Å². The summed E-state index contributed by atoms with van der Waals surface area (Å²) in [6.45, 7) is 6.07. The second-order valence-electron chi connectivity index (χ2n) is 5.84. The minimum absolute atomic E-state index is 0.00800. The van der Waals surface area contributed by atoms with Crippen LogP contribution in [-0.4, -0.2) is 54.9 Å². The molecule has 0 bridgehead atoms. The Labute approximate surface area is 156 Å². The lowest BCUT2D eigenvalue weighted by molar-refractivity contribution is -0.121. The summed E-state index contributed by atoms with van der Waals surface area (Å²) < 4.78 is 15.8. The van der Waals surface area contributed by atoms with Crippen LogP contribution >= 0.6 is 0 Å². The van der Waals surface area contributed by atoms with Crippen LogP contribution in [0.25, 0.3) is 11.4 Å². The van der Waals surface area contributed by atoms with E-state index in [4.69, 9.17) is 14.0 Å². The Balaban J connectivity index is 1.68. The number of hydrogen-bond donors (Lipinski definition) is 1. The fourth-order valence-electron chi connectivity index (χ4n) is 2.72. The van der Waals surface area contributed by atoms with E-state index in [-0.39, 0.29) is 24.2 Å². The molecule has 0 unspecified atom stereocenters. The van der Waals surface area contributed by atoms with Gasteiger partial charge in [0, 0.05) is 31.9 Å². The molecule has 0 aliphatic carbocycles. The van der Waals surface area contributed by atoms with Gasteiger partial charge in [-0.05, 0) is 38.5 Å². The highest BCUT2D eigenvalue weighted by molar-refractivity contribution is 5.98. The molecule has 2 amide bonds. The van der Waals surface area contributed by atoms with Crippen molar-refractivity contribution in [2.45, 2.75) is 20.3 Å². The molecule has 0 atom stereocenters. The van der Waals surface area contributed by atoms with Gasteiger partial charge < -0.3 is 24.2 Å². The highest BCUT2D eigenvalue weighted by atomic mass is 16.5. The number of benzene rings is 1. The molecule has 27 heavy (non-hydrogen) atoms. The molecule has 1 aromatic heterocycles. The number of likely N-dealkylation sites (N-methyl/N-ethyl adjacent to an activating group) is 1. The summed E-state index contributed by atoms with van der Waals surface area (Å²) in [6.07, 6.45) is 0.704. The number of nitrogens with one attached hydrogen (secondary N) is 1. The van der Waals surface area contributed by atoms with Crippen LogP contribution in [-0.2, 0) is 9.53 Å². The van der Waals surface area contributed by atoms with Crippen molar-refractivity contribution in [1.29, 1.82) is 0 Å². The number of aromatic nitrogens is 2. The fraction of sp³-hybridized carbons (Fsp3) is 0.444. The minimum atomic E-state index is -0.429. The number of nitrogens with zero attached hydrogens (tertiary/aromatic N) is 3. The van der Waals surface area contributed by atoms with Crippen molar-refractivity contribution >= 4 is 17.5 Å². The third-order valence-corrected chi connectivity index (χ3v) is 4.05. The second kappa shape index (κ2) is 8.63. The molecule has 0 radical (unpaired) electrons. The van der Waals surface area contributed by atoms with Crippen LogP contribution < -0.4 is 15.0 Å². The number of rotatable bonds is 8. The van der Waals surface area contributed by atoms with Crippen LogP contribution in [0, 0.1) is 0 Å². The predicted molar refractivity (Wildman–Crippen MR) is 96.7 cm³/mol. The molecule has 9 nitrogen and oxygen atoms in total. The molecule has 0 fully saturated rings. The Bertz CT molecular complexity index is 820. The van der Waals surface area contributed by atoms with Gasteiger partial charge >= 0.3 is 11.8 Å². The van der Waals surface area contributed by atoms with Crippen LogP contribution in [0.5, 0.6) is 5.75 Å². The second-order valence-corrected chi connectivity index (χ2v) is 5.84. The van der Waals surface area contributed by atoms with E-state index in [0.29, 0.717) is 49.7 Å². The quantitative estimate of drug-likeness (QED) is 0.700. The van der Waals surface area contributed by atoms with Gasteiger partial charge in [0.05, 0.1) is 5.69 Å². The van der Waals surface area contributed by atoms with E-state index in [0.717, 1.165) is 0 Å². The maximum absolute atomic E-state index is 12.1. The lowest BCUT2D eigenvalue weighted by Gasteiger charge is -2.28. The van der Waals surface area contributed by atoms with E-state index in [2.05, 4.69) is 15.5 Å². The minimum Gasteiger partial charge on any atom is -0.482 e. The SMILES string of the molecule is CCOCCCNC(=O)c1nc(-c2ccc3c(c2)OCC(=O)N3CC)no1. The van der Waals surface area contributed by atoms with Gasteiger partial charge in [-0.15, -0.1) is 0 Å². The van der Waals surface area contributed by atoms with Crippen molar-refractivity contribution in [3.05, 3.63) is 24.1 Å². The molecular formula is C18H22N4O5. The third kappa shape index (κ3) is 4.25. The Morgan fingerprint density at radius 2 is 2.22 bits per heavy atom. The zero-order valence-corrected chi connectivity index (χ0v) is 15.4. The van der Waals surface area contributed by atoms with Gasteiger partial charge in [0.15, 0.2) is 6.61 Å². The van der Waals surface area contributed by atoms with Crippen molar-refractivity contribution < 1.29 is 23.6 Å². The van der Waals surface area contributed by atoms with Gasteiger partial charge in [-0.1, -0.05) is 5.16 Å². The summed E-state index contributed by atoms with van der Waals surface area (Å²) in [6, 6.07) is 5.27. The summed E-state index contributed by atoms with van der Waals surface area (Å²) in [4.78, 5) is 29.7. The zero-order chi connectivity index (χ0) is 19.2. The molecule has 1 N–H and O–H groups in total. The Kier molecular flexibility index (Phi) is 6.02. The predicted octanol–water partition coefficient (Wildman–Crippen LogP) is 1.64. The number of hydrogen-bond acceptors (Lipinski definition) is 7. The molecule has 0 spiro atoms. The smallest absolute Gasteiger partial charge is 0.316 e. The van der Waals surface area contributed by atoms with Gasteiger partial charge in [0.25, 0.3) is 5.91 Å². The molecule has 9 heteroatoms. The molecule has 1 aliphatic heterocycles. The normalized spacial score (nSPS) is 13.3. The number of anilines is 1. The first kappa shape index (κ1) is 18.8. The zero-order valence-electron chi connectivity index (χ0n) is 15.4. The highest BCUT2D eigenvalue weighted by Crippen LogP contribution is 2.35. The van der Waals surface area contributed by atoms with Crippen LogP contribution in [0.15, 0.2) is 22.7 Å². The maximum Gasteiger partial charge on any atom is 0.316 e. The van der Waals surface area contributed by atoms with Gasteiger partial charge in [-0.2, -0.15) is 4.98 Å². The van der Waals surface area contributed by atoms with Crippen molar-refractivity contribution in [3.8, 4) is 17.1 Å². The summed E-state index contributed by atoms with van der Waals surface area (Å²) in [5.41, 5.74) is 1.34. The Morgan fingerprint density at radius 1 is 1.37 bits per heavy atom. The Morgan fingerprint density at radius 3 is 3.00 bits per heavy atom. The number of fused-ring (bicyclic) bond motifs is 1. The van der Waals surface area contributed by atoms with E-state index < -0.39 is 5.91 Å². The summed E-state index contributed by atoms with van der Waals surface area (Å²) in [5, 5.41) is 6.57. The van der Waals surface area contributed by atoms with Crippen molar-refractivity contribution in [2.24, 2.45) is 0 Å². The maximum atomic E-state index is 12.1. The number of ether oxygens (including phenoxy) is 2. The van der Waals surface area contributed by atoms with E-state index in [1.54, 1.807) is 23.1 Å². The van der Waals surface area contributed by atoms with Crippen LogP contribution in [0.1, 0.15) is 31.0 Å². The number of amides is 2. The van der Waals surface area contributed by atoms with Crippen LogP contribution in [0.4, 0.5) is 5.69 Å². The molecular weight excluding hydrogens is 352 g/mol. The van der Waals surface area contributed by atoms with E-state index in [1.165, 1.54) is 0 Å². The monoisotopic (exact) mass is 374 g/mol. The summed E-state index contributed by atoms with van der Waals surface area (Å²) in [5.74, 6) is 0.231. The van der Waals surface area contributed by atoms with Gasteiger partial charge in [0.1, 0.15) is 5.75 Å². The average molecular weight is 374 g/mol. The summed E-state index contributed by atoms with van der Waals surface area (Å²) in [7, 11) is 0. The van der Waals surface area contributed by atoms with Crippen molar-refractivity contribution in [2.75, 3.05) is 37.8 Å². The molecule has 0 saturated carbocycles. The first-order valence-corrected chi connectivity index (χ1v) is 8.91. The van der Waals surface area contributed by atoms with Crippen molar-refractivity contribution in [3.63, 3.8) is 0 Å². The lowest BCUT2D eigenvalue weighted by Crippen LogP contribution is -2.38. The number of carbonyl (C=O) groups excluding carboxylic acids is 2. The van der Waals surface area contributed by atoms with Crippen molar-refractivity contribution in [1.82, 2.24) is 15.5 Å². The average Bonchev–Trinajstić information content (AvgIpc) is 3.17. The number of carbonyl (C=O) groups is 2. The first-order valence-electron chi connectivity index (χ1n) is 8.91. The highest BCUT2D eigenvalue weighted by Gasteiger charge is 2.25. The van der Waals surface area contributed by atoms with E-state index in [9.17, 15) is 9.59 Å². The van der Waals surface area contributed by atoms with Crippen LogP contribution in [0.2, 0.25) is 0 Å². The van der Waals surface area contributed by atoms with Gasteiger partial charge in [-0.25, -0.2) is 0 Å². The molecule has 2 heterocycles. The standard InChI is InChI=1S/C18H22N4O5/c1-3-22-13-7-6-12(10-14(13)26-11-15(22)23)16-20-18(27-21-16)17(24)19-8-5-9-25-4-2/h6-7,10H,3-5,8-9,11H2,1-2H3,(H,19,24). The fourth-order valence-corrected chi connectivity index (χ4v) is 2.72. The first-order chi connectivity index (χ1) is 13.1. The third-order valence-electron chi connectivity index (χ3n) is 4.05. The van der Waals surface area contributed by atoms with Crippen LogP contribution in [0.3, 0.4) is 0 Å². The molecule has 1 aliphatic rings. The summed E-state index contributed by atoms with van der Waals surface area (Å²) >= 11 is 0. The molecule has 0 saturated heterocycles. The largest absolute Gasteiger partial charge is 0.482 e. The molecule has 1 aromatic carbocycles. The molecule has 144 valence electrons. The van der Waals surface area contributed by atoms with Gasteiger partial charge in [0.2, 0.25) is 5.82 Å². The Hall–Kier alpha value is -2.94. The van der Waals surface area contributed by atoms with E-state index >= 15 is 0 Å². The lowest BCUT2D eigenvalue weighted by atomic mass is 10.1.